The monoisotopic (exact) mass is 270 g/mol. The molecule has 0 radical (unpaired) electrons. The van der Waals surface area contributed by atoms with Gasteiger partial charge in [0, 0.05) is 32.2 Å². The van der Waals surface area contributed by atoms with Gasteiger partial charge >= 0.3 is 6.09 Å². The zero-order valence-electron chi connectivity index (χ0n) is 12.3. The van der Waals surface area contributed by atoms with Gasteiger partial charge in [-0.15, -0.1) is 0 Å². The highest BCUT2D eigenvalue weighted by Gasteiger charge is 2.34. The fourth-order valence-corrected chi connectivity index (χ4v) is 2.91. The number of hydrogen-bond acceptors (Lipinski definition) is 4. The van der Waals surface area contributed by atoms with E-state index in [1.54, 1.807) is 4.90 Å². The molecule has 1 saturated heterocycles. The number of nitrogens with zero attached hydrogens (tertiary/aromatic N) is 2. The second-order valence-electron chi connectivity index (χ2n) is 6.57. The molecular formula is C14H26N2O3. The van der Waals surface area contributed by atoms with E-state index in [0.717, 1.165) is 32.4 Å². The molecule has 2 aliphatic rings. The predicted molar refractivity (Wildman–Crippen MR) is 73.0 cm³/mol. The molecule has 110 valence electrons. The highest BCUT2D eigenvalue weighted by molar-refractivity contribution is 5.68. The molecule has 2 fully saturated rings. The highest BCUT2D eigenvalue weighted by atomic mass is 16.6. The van der Waals surface area contributed by atoms with Gasteiger partial charge in [-0.2, -0.15) is 0 Å². The van der Waals surface area contributed by atoms with E-state index >= 15 is 0 Å². The first-order valence-electron chi connectivity index (χ1n) is 7.27. The second kappa shape index (κ2) is 5.67. The molecule has 1 aliphatic carbocycles. The lowest BCUT2D eigenvalue weighted by Crippen LogP contribution is -2.54. The Morgan fingerprint density at radius 2 is 1.79 bits per heavy atom. The van der Waals surface area contributed by atoms with Gasteiger partial charge in [-0.25, -0.2) is 4.79 Å². The van der Waals surface area contributed by atoms with Crippen molar-refractivity contribution in [1.29, 1.82) is 0 Å². The van der Waals surface area contributed by atoms with Crippen molar-refractivity contribution in [1.82, 2.24) is 9.80 Å². The number of aliphatic hydroxyl groups excluding tert-OH is 1. The first kappa shape index (κ1) is 14.6. The van der Waals surface area contributed by atoms with E-state index in [1.807, 2.05) is 20.8 Å². The van der Waals surface area contributed by atoms with Crippen molar-refractivity contribution in [2.24, 2.45) is 0 Å². The first-order valence-corrected chi connectivity index (χ1v) is 7.27. The van der Waals surface area contributed by atoms with E-state index in [4.69, 9.17) is 4.74 Å². The lowest BCUT2D eigenvalue weighted by molar-refractivity contribution is 0.000914. The average Bonchev–Trinajstić information content (AvgIpc) is 2.73. The van der Waals surface area contributed by atoms with Crippen LogP contribution >= 0.6 is 0 Å². The number of carbonyl (C=O) groups is 1. The zero-order chi connectivity index (χ0) is 14.0. The second-order valence-corrected chi connectivity index (χ2v) is 6.57. The number of amides is 1. The number of carbonyl (C=O) groups excluding carboxylic acids is 1. The van der Waals surface area contributed by atoms with E-state index in [2.05, 4.69) is 4.90 Å². The summed E-state index contributed by atoms with van der Waals surface area (Å²) in [5, 5.41) is 9.92. The minimum absolute atomic E-state index is 0.187. The Morgan fingerprint density at radius 3 is 2.26 bits per heavy atom. The normalized spacial score (nSPS) is 29.6. The van der Waals surface area contributed by atoms with Crippen LogP contribution in [0, 0.1) is 0 Å². The van der Waals surface area contributed by atoms with E-state index in [9.17, 15) is 9.90 Å². The molecule has 1 amide bonds. The molecule has 0 spiro atoms. The number of aliphatic hydroxyl groups is 1. The molecule has 5 heteroatoms. The summed E-state index contributed by atoms with van der Waals surface area (Å²) in [6.07, 6.45) is 2.69. The highest BCUT2D eigenvalue weighted by Crippen LogP contribution is 2.25. The molecule has 1 aliphatic heterocycles. The summed E-state index contributed by atoms with van der Waals surface area (Å²) in [5.41, 5.74) is -0.435. The molecule has 0 aromatic heterocycles. The average molecular weight is 270 g/mol. The summed E-state index contributed by atoms with van der Waals surface area (Å²) < 4.78 is 5.38. The fraction of sp³-hybridized carbons (Fsp3) is 0.929. The van der Waals surface area contributed by atoms with Gasteiger partial charge in [-0.1, -0.05) is 0 Å². The third-order valence-corrected chi connectivity index (χ3v) is 3.88. The van der Waals surface area contributed by atoms with Crippen LogP contribution in [-0.4, -0.2) is 64.9 Å². The van der Waals surface area contributed by atoms with Crippen molar-refractivity contribution < 1.29 is 14.6 Å². The Hall–Kier alpha value is -0.810. The van der Waals surface area contributed by atoms with Gasteiger partial charge in [0.15, 0.2) is 0 Å². The summed E-state index contributed by atoms with van der Waals surface area (Å²) >= 11 is 0. The van der Waals surface area contributed by atoms with Crippen LogP contribution in [0.3, 0.4) is 0 Å². The Morgan fingerprint density at radius 1 is 1.16 bits per heavy atom. The van der Waals surface area contributed by atoms with Crippen LogP contribution in [0.2, 0.25) is 0 Å². The quantitative estimate of drug-likeness (QED) is 0.783. The number of piperazine rings is 1. The summed E-state index contributed by atoms with van der Waals surface area (Å²) in [4.78, 5) is 16.0. The van der Waals surface area contributed by atoms with Crippen molar-refractivity contribution in [3.05, 3.63) is 0 Å². The summed E-state index contributed by atoms with van der Waals surface area (Å²) in [6.45, 7) is 8.71. The Balaban J connectivity index is 1.80. The Bertz CT molecular complexity index is 319. The van der Waals surface area contributed by atoms with Crippen LogP contribution in [0.4, 0.5) is 4.79 Å². The SMILES string of the molecule is CC(C)(C)OC(=O)N1CCN([C@H]2CCC[C@H]2O)CC1. The zero-order valence-corrected chi connectivity index (χ0v) is 12.3. The molecule has 0 aromatic rings. The molecule has 0 bridgehead atoms. The standard InChI is InChI=1S/C14H26N2O3/c1-14(2,3)19-13(18)16-9-7-15(8-10-16)11-5-4-6-12(11)17/h11-12,17H,4-10H2,1-3H3/t11-,12+/m0/s1. The third kappa shape index (κ3) is 3.83. The maximum Gasteiger partial charge on any atom is 0.410 e. The first-order chi connectivity index (χ1) is 8.87. The van der Waals surface area contributed by atoms with E-state index in [-0.39, 0.29) is 12.2 Å². The van der Waals surface area contributed by atoms with Gasteiger partial charge in [-0.3, -0.25) is 4.90 Å². The van der Waals surface area contributed by atoms with Crippen molar-refractivity contribution >= 4 is 6.09 Å². The predicted octanol–water partition coefficient (Wildman–Crippen LogP) is 1.45. The van der Waals surface area contributed by atoms with Crippen LogP contribution < -0.4 is 0 Å². The van der Waals surface area contributed by atoms with Crippen molar-refractivity contribution in [3.8, 4) is 0 Å². The summed E-state index contributed by atoms with van der Waals surface area (Å²) in [7, 11) is 0. The van der Waals surface area contributed by atoms with E-state index in [0.29, 0.717) is 19.1 Å². The molecule has 19 heavy (non-hydrogen) atoms. The topological polar surface area (TPSA) is 53.0 Å². The maximum atomic E-state index is 11.9. The molecule has 5 nitrogen and oxygen atoms in total. The molecule has 1 N–H and O–H groups in total. The van der Waals surface area contributed by atoms with Crippen LogP contribution in [0.25, 0.3) is 0 Å². The van der Waals surface area contributed by atoms with Gasteiger partial charge in [0.25, 0.3) is 0 Å². The lowest BCUT2D eigenvalue weighted by Gasteiger charge is -2.39. The van der Waals surface area contributed by atoms with Crippen LogP contribution in [0.15, 0.2) is 0 Å². The number of hydrogen-bond donors (Lipinski definition) is 1. The number of rotatable bonds is 1. The number of ether oxygens (including phenoxy) is 1. The largest absolute Gasteiger partial charge is 0.444 e. The van der Waals surface area contributed by atoms with Gasteiger partial charge in [0.05, 0.1) is 6.10 Å². The van der Waals surface area contributed by atoms with Crippen LogP contribution in [0.5, 0.6) is 0 Å². The molecule has 1 heterocycles. The Kier molecular flexibility index (Phi) is 4.36. The fourth-order valence-electron chi connectivity index (χ4n) is 2.91. The van der Waals surface area contributed by atoms with Crippen molar-refractivity contribution in [3.63, 3.8) is 0 Å². The van der Waals surface area contributed by atoms with E-state index < -0.39 is 5.60 Å². The van der Waals surface area contributed by atoms with Gasteiger partial charge in [-0.05, 0) is 40.0 Å². The molecular weight excluding hydrogens is 244 g/mol. The van der Waals surface area contributed by atoms with Crippen molar-refractivity contribution in [2.75, 3.05) is 26.2 Å². The van der Waals surface area contributed by atoms with Crippen LogP contribution in [0.1, 0.15) is 40.0 Å². The van der Waals surface area contributed by atoms with Gasteiger partial charge in [0.1, 0.15) is 5.60 Å². The lowest BCUT2D eigenvalue weighted by atomic mass is 10.1. The molecule has 0 aromatic carbocycles. The molecule has 0 unspecified atom stereocenters. The summed E-state index contributed by atoms with van der Waals surface area (Å²) in [6, 6.07) is 0.292. The molecule has 2 rings (SSSR count). The molecule has 1 saturated carbocycles. The van der Waals surface area contributed by atoms with Crippen LogP contribution in [-0.2, 0) is 4.74 Å². The van der Waals surface area contributed by atoms with Gasteiger partial charge < -0.3 is 14.7 Å². The minimum atomic E-state index is -0.435. The Labute approximate surface area is 115 Å². The van der Waals surface area contributed by atoms with Crippen molar-refractivity contribution in [2.45, 2.75) is 57.8 Å². The molecule has 2 atom stereocenters. The summed E-state index contributed by atoms with van der Waals surface area (Å²) in [5.74, 6) is 0. The minimum Gasteiger partial charge on any atom is -0.444 e. The smallest absolute Gasteiger partial charge is 0.410 e. The van der Waals surface area contributed by atoms with E-state index in [1.165, 1.54) is 0 Å². The maximum absolute atomic E-state index is 11.9. The third-order valence-electron chi connectivity index (χ3n) is 3.88. The van der Waals surface area contributed by atoms with Gasteiger partial charge in [0.2, 0.25) is 0 Å².